The van der Waals surface area contributed by atoms with Crippen molar-refractivity contribution in [2.75, 3.05) is 29.5 Å². The Bertz CT molecular complexity index is 1170. The van der Waals surface area contributed by atoms with Crippen LogP contribution in [0.4, 0.5) is 19.3 Å². The van der Waals surface area contributed by atoms with E-state index >= 15 is 0 Å². The predicted octanol–water partition coefficient (Wildman–Crippen LogP) is 3.53. The van der Waals surface area contributed by atoms with Crippen LogP contribution in [0, 0.1) is 0 Å². The zero-order valence-corrected chi connectivity index (χ0v) is 17.7. The van der Waals surface area contributed by atoms with Crippen LogP contribution in [0.15, 0.2) is 59.0 Å². The molecule has 0 aliphatic carbocycles. The van der Waals surface area contributed by atoms with E-state index in [2.05, 4.69) is 10.2 Å². The minimum absolute atomic E-state index is 0.0163. The number of alkyl halides is 2. The standard InChI is InChI=1S/C21H20F2N4O4S/c22-18(23)20-25-24-19(31-20)16-8-6-15(7-9-16)14-27(17-4-2-1-3-5-17)21(28)26-10-12-32(29,30)13-11-26/h1-9,18H,10-14H2. The Labute approximate surface area is 183 Å². The lowest BCUT2D eigenvalue weighted by Gasteiger charge is -2.33. The van der Waals surface area contributed by atoms with E-state index in [1.807, 2.05) is 18.2 Å². The lowest BCUT2D eigenvalue weighted by atomic mass is 10.1. The van der Waals surface area contributed by atoms with Crippen molar-refractivity contribution in [1.82, 2.24) is 15.1 Å². The fourth-order valence-corrected chi connectivity index (χ4v) is 4.53. The van der Waals surface area contributed by atoms with Gasteiger partial charge in [0, 0.05) is 24.3 Å². The van der Waals surface area contributed by atoms with Gasteiger partial charge < -0.3 is 9.32 Å². The Morgan fingerprint density at radius 2 is 1.69 bits per heavy atom. The third-order valence-corrected chi connectivity index (χ3v) is 6.69. The van der Waals surface area contributed by atoms with E-state index in [4.69, 9.17) is 4.42 Å². The number of rotatable bonds is 5. The molecule has 1 aliphatic rings. The van der Waals surface area contributed by atoms with Gasteiger partial charge in [0.1, 0.15) is 0 Å². The minimum atomic E-state index is -3.11. The normalized spacial score (nSPS) is 15.7. The predicted molar refractivity (Wildman–Crippen MR) is 113 cm³/mol. The summed E-state index contributed by atoms with van der Waals surface area (Å²) in [7, 11) is -3.11. The van der Waals surface area contributed by atoms with Crippen molar-refractivity contribution in [2.24, 2.45) is 0 Å². The van der Waals surface area contributed by atoms with E-state index in [-0.39, 0.29) is 43.1 Å². The maximum absolute atomic E-state index is 13.2. The van der Waals surface area contributed by atoms with Crippen LogP contribution in [0.25, 0.3) is 11.5 Å². The van der Waals surface area contributed by atoms with Gasteiger partial charge in [-0.15, -0.1) is 10.2 Å². The molecule has 1 saturated heterocycles. The maximum atomic E-state index is 13.2. The minimum Gasteiger partial charge on any atom is -0.415 e. The largest absolute Gasteiger partial charge is 0.415 e. The zero-order valence-electron chi connectivity index (χ0n) is 16.9. The van der Waals surface area contributed by atoms with Gasteiger partial charge in [-0.3, -0.25) is 4.90 Å². The number of aromatic nitrogens is 2. The van der Waals surface area contributed by atoms with Crippen LogP contribution in [0.3, 0.4) is 0 Å². The average Bonchev–Trinajstić information content (AvgIpc) is 3.29. The Morgan fingerprint density at radius 1 is 1.03 bits per heavy atom. The van der Waals surface area contributed by atoms with E-state index in [0.29, 0.717) is 11.3 Å². The zero-order chi connectivity index (χ0) is 22.7. The molecule has 0 radical (unpaired) electrons. The van der Waals surface area contributed by atoms with Gasteiger partial charge in [-0.2, -0.15) is 8.78 Å². The topological polar surface area (TPSA) is 96.6 Å². The maximum Gasteiger partial charge on any atom is 0.324 e. The van der Waals surface area contributed by atoms with Gasteiger partial charge in [0.25, 0.3) is 5.89 Å². The van der Waals surface area contributed by atoms with Crippen molar-refractivity contribution in [1.29, 1.82) is 0 Å². The smallest absolute Gasteiger partial charge is 0.324 e. The number of hydrogen-bond acceptors (Lipinski definition) is 6. The summed E-state index contributed by atoms with van der Waals surface area (Å²) in [6, 6.07) is 15.6. The van der Waals surface area contributed by atoms with Gasteiger partial charge in [-0.25, -0.2) is 13.2 Å². The quantitative estimate of drug-likeness (QED) is 0.576. The average molecular weight is 462 g/mol. The highest BCUT2D eigenvalue weighted by atomic mass is 32.2. The third kappa shape index (κ3) is 4.93. The Hall–Kier alpha value is -3.34. The van der Waals surface area contributed by atoms with E-state index in [1.54, 1.807) is 41.3 Å². The van der Waals surface area contributed by atoms with Crippen LogP contribution >= 0.6 is 0 Å². The molecule has 8 nitrogen and oxygen atoms in total. The molecule has 32 heavy (non-hydrogen) atoms. The molecule has 168 valence electrons. The number of carbonyl (C=O) groups is 1. The van der Waals surface area contributed by atoms with Crippen molar-refractivity contribution in [3.8, 4) is 11.5 Å². The van der Waals surface area contributed by atoms with Crippen LogP contribution in [-0.4, -0.2) is 54.1 Å². The van der Waals surface area contributed by atoms with Crippen molar-refractivity contribution >= 4 is 21.6 Å². The van der Waals surface area contributed by atoms with Gasteiger partial charge in [-0.1, -0.05) is 30.3 Å². The number of hydrogen-bond donors (Lipinski definition) is 0. The van der Waals surface area contributed by atoms with Crippen LogP contribution in [0.2, 0.25) is 0 Å². The van der Waals surface area contributed by atoms with E-state index < -0.39 is 22.2 Å². The number of para-hydroxylation sites is 1. The number of urea groups is 1. The van der Waals surface area contributed by atoms with Gasteiger partial charge in [0.05, 0.1) is 18.1 Å². The molecule has 1 fully saturated rings. The second kappa shape index (κ2) is 9.03. The molecule has 0 N–H and O–H groups in total. The number of amides is 2. The summed E-state index contributed by atoms with van der Waals surface area (Å²) in [4.78, 5) is 16.3. The number of anilines is 1. The third-order valence-electron chi connectivity index (χ3n) is 5.08. The number of sulfone groups is 1. The molecule has 0 unspecified atom stereocenters. The molecule has 2 amide bonds. The summed E-state index contributed by atoms with van der Waals surface area (Å²) in [6.45, 7) is 0.526. The SMILES string of the molecule is O=C(N1CCS(=O)(=O)CC1)N(Cc1ccc(-c2nnc(C(F)F)o2)cc1)c1ccccc1. The summed E-state index contributed by atoms with van der Waals surface area (Å²) >= 11 is 0. The van der Waals surface area contributed by atoms with Gasteiger partial charge in [0.2, 0.25) is 5.89 Å². The van der Waals surface area contributed by atoms with Gasteiger partial charge in [0.15, 0.2) is 9.84 Å². The summed E-state index contributed by atoms with van der Waals surface area (Å²) in [5, 5.41) is 6.95. The van der Waals surface area contributed by atoms with Crippen LogP contribution < -0.4 is 4.90 Å². The number of carbonyl (C=O) groups excluding carboxylic acids is 1. The van der Waals surface area contributed by atoms with E-state index in [9.17, 15) is 22.0 Å². The van der Waals surface area contributed by atoms with Crippen molar-refractivity contribution in [3.05, 3.63) is 66.1 Å². The highest BCUT2D eigenvalue weighted by molar-refractivity contribution is 7.91. The first-order valence-corrected chi connectivity index (χ1v) is 11.7. The van der Waals surface area contributed by atoms with Crippen molar-refractivity contribution < 1.29 is 26.4 Å². The van der Waals surface area contributed by atoms with Crippen LogP contribution in [0.5, 0.6) is 0 Å². The Morgan fingerprint density at radius 3 is 2.28 bits per heavy atom. The first kappa shape index (κ1) is 21.9. The summed E-state index contributed by atoms with van der Waals surface area (Å²) in [5.74, 6) is -0.868. The highest BCUT2D eigenvalue weighted by Gasteiger charge is 2.29. The fourth-order valence-electron chi connectivity index (χ4n) is 3.33. The molecule has 11 heteroatoms. The molecule has 4 rings (SSSR count). The summed E-state index contributed by atoms with van der Waals surface area (Å²) < 4.78 is 53.7. The molecule has 0 bridgehead atoms. The molecule has 0 spiro atoms. The molecule has 2 aromatic carbocycles. The number of benzene rings is 2. The molecule has 3 aromatic rings. The molecule has 1 aliphatic heterocycles. The number of nitrogens with zero attached hydrogens (tertiary/aromatic N) is 4. The van der Waals surface area contributed by atoms with E-state index in [0.717, 1.165) is 5.56 Å². The van der Waals surface area contributed by atoms with Gasteiger partial charge in [-0.05, 0) is 29.8 Å². The van der Waals surface area contributed by atoms with Gasteiger partial charge >= 0.3 is 12.5 Å². The summed E-state index contributed by atoms with van der Waals surface area (Å²) in [5.41, 5.74) is 1.93. The fraction of sp³-hybridized carbons (Fsp3) is 0.286. The number of halogens is 2. The molecular formula is C21H20F2N4O4S. The Balaban J connectivity index is 1.54. The van der Waals surface area contributed by atoms with Crippen LogP contribution in [-0.2, 0) is 16.4 Å². The molecule has 0 atom stereocenters. The monoisotopic (exact) mass is 462 g/mol. The first-order valence-electron chi connectivity index (χ1n) is 9.85. The van der Waals surface area contributed by atoms with Crippen molar-refractivity contribution in [3.63, 3.8) is 0 Å². The molecule has 0 saturated carbocycles. The lowest BCUT2D eigenvalue weighted by Crippen LogP contribution is -2.49. The second-order valence-electron chi connectivity index (χ2n) is 7.29. The Kier molecular flexibility index (Phi) is 6.17. The van der Waals surface area contributed by atoms with Crippen LogP contribution in [0.1, 0.15) is 17.9 Å². The summed E-state index contributed by atoms with van der Waals surface area (Å²) in [6.07, 6.45) is -2.84. The van der Waals surface area contributed by atoms with E-state index in [1.165, 1.54) is 4.90 Å². The molecule has 1 aromatic heterocycles. The first-order chi connectivity index (χ1) is 15.3. The lowest BCUT2D eigenvalue weighted by molar-refractivity contribution is 0.116. The highest BCUT2D eigenvalue weighted by Crippen LogP contribution is 2.25. The second-order valence-corrected chi connectivity index (χ2v) is 9.59. The molecular weight excluding hydrogens is 442 g/mol. The van der Waals surface area contributed by atoms with Crippen molar-refractivity contribution in [2.45, 2.75) is 13.0 Å². The molecule has 2 heterocycles.